The molecule has 2 saturated heterocycles. The molecule has 19 nitrogen and oxygen atoms in total. The van der Waals surface area contributed by atoms with Crippen molar-refractivity contribution in [1.29, 1.82) is 0 Å². The molecule has 2 rings (SSSR count). The van der Waals surface area contributed by atoms with Crippen LogP contribution in [0, 0.1) is 0 Å². The number of hydrogen-bond acceptors (Lipinski definition) is 19. The molecule has 264 valence electrons. The van der Waals surface area contributed by atoms with Crippen LogP contribution in [0.2, 0.25) is 0 Å². The highest BCUT2D eigenvalue weighted by Gasteiger charge is 2.58. The van der Waals surface area contributed by atoms with Crippen LogP contribution >= 0.6 is 0 Å². The van der Waals surface area contributed by atoms with Crippen molar-refractivity contribution in [3.05, 3.63) is 0 Å². The van der Waals surface area contributed by atoms with Gasteiger partial charge in [-0.25, -0.2) is 0 Å². The Bertz CT molecular complexity index is 1200. The maximum absolute atomic E-state index is 12.3. The molecule has 2 aliphatic heterocycles. The summed E-state index contributed by atoms with van der Waals surface area (Å²) in [6.07, 6.45) is -16.3. The summed E-state index contributed by atoms with van der Waals surface area (Å²) in [6, 6.07) is 0. The number of carbonyl (C=O) groups excluding carboxylic acids is 8. The smallest absolute Gasteiger partial charge is 0.305 e. The van der Waals surface area contributed by atoms with Crippen LogP contribution in [0.1, 0.15) is 55.4 Å². The molecule has 0 saturated carbocycles. The first kappa shape index (κ1) is 38.8. The zero-order chi connectivity index (χ0) is 35.6. The molecular formula is C28H38O19. The molecule has 19 heteroatoms. The number of carbonyl (C=O) groups is 8. The minimum atomic E-state index is -1.83. The second kappa shape index (κ2) is 17.5. The van der Waals surface area contributed by atoms with Gasteiger partial charge in [-0.05, 0) is 0 Å². The molecule has 2 heterocycles. The predicted octanol–water partition coefficient (Wildman–Crippen LogP) is -0.831. The summed E-state index contributed by atoms with van der Waals surface area (Å²) in [5.41, 5.74) is 0. The van der Waals surface area contributed by atoms with E-state index >= 15 is 0 Å². The Balaban J connectivity index is 2.73. The molecule has 0 unspecified atom stereocenters. The molecule has 10 atom stereocenters. The zero-order valence-electron chi connectivity index (χ0n) is 26.9. The summed E-state index contributed by atoms with van der Waals surface area (Å²) in [6.45, 7) is 7.05. The zero-order valence-corrected chi connectivity index (χ0v) is 26.9. The molecule has 0 aromatic carbocycles. The summed E-state index contributed by atoms with van der Waals surface area (Å²) < 4.78 is 60.2. The van der Waals surface area contributed by atoms with Gasteiger partial charge in [-0.3, -0.25) is 38.4 Å². The predicted molar refractivity (Wildman–Crippen MR) is 145 cm³/mol. The molecule has 0 radical (unpaired) electrons. The van der Waals surface area contributed by atoms with Crippen molar-refractivity contribution in [3.63, 3.8) is 0 Å². The summed E-state index contributed by atoms with van der Waals surface area (Å²) in [5.74, 6) is -7.02. The van der Waals surface area contributed by atoms with Crippen LogP contribution in [-0.4, -0.2) is 122 Å². The van der Waals surface area contributed by atoms with Gasteiger partial charge in [0.15, 0.2) is 30.7 Å². The average molecular weight is 679 g/mol. The number of esters is 8. The largest absolute Gasteiger partial charge is 0.463 e. The second-order valence-corrected chi connectivity index (χ2v) is 10.3. The van der Waals surface area contributed by atoms with Crippen molar-refractivity contribution in [3.8, 4) is 0 Å². The van der Waals surface area contributed by atoms with Crippen LogP contribution in [0.3, 0.4) is 0 Å². The highest BCUT2D eigenvalue weighted by atomic mass is 16.8. The van der Waals surface area contributed by atoms with E-state index in [9.17, 15) is 38.4 Å². The van der Waals surface area contributed by atoms with E-state index in [0.717, 1.165) is 55.4 Å². The Morgan fingerprint density at radius 1 is 0.383 bits per heavy atom. The minimum absolute atomic E-state index is 0.590. The highest BCUT2D eigenvalue weighted by molar-refractivity contribution is 5.70. The van der Waals surface area contributed by atoms with Gasteiger partial charge in [0.2, 0.25) is 12.4 Å². The monoisotopic (exact) mass is 678 g/mol. The standard InChI is InChI=1S/C28H38O19/c1-11(29)37-9-19-21(39-13(3)31)23(40-14(4)32)26(43-17(7)35)28(46-19)47-22-20(10-38-12(2)30)45-27(44-18(8)36)25(42-16(6)34)24(22)41-15(5)33/h19-28H,9-10H2,1-8H3/t19-,20-,21-,22-,23-,24-,25-,26-,27+,28+/m1/s1. The fourth-order valence-electron chi connectivity index (χ4n) is 4.73. The molecule has 0 amide bonds. The van der Waals surface area contributed by atoms with Crippen LogP contribution < -0.4 is 0 Å². The van der Waals surface area contributed by atoms with Crippen molar-refractivity contribution in [2.24, 2.45) is 0 Å². The van der Waals surface area contributed by atoms with Gasteiger partial charge in [0.05, 0.1) is 0 Å². The van der Waals surface area contributed by atoms with E-state index in [4.69, 9.17) is 52.1 Å². The molecule has 2 fully saturated rings. The Kier molecular flexibility index (Phi) is 14.5. The van der Waals surface area contributed by atoms with Crippen molar-refractivity contribution in [1.82, 2.24) is 0 Å². The van der Waals surface area contributed by atoms with Gasteiger partial charge in [-0.15, -0.1) is 0 Å². The van der Waals surface area contributed by atoms with Crippen molar-refractivity contribution in [2.75, 3.05) is 13.2 Å². The van der Waals surface area contributed by atoms with E-state index in [1.807, 2.05) is 0 Å². The van der Waals surface area contributed by atoms with Gasteiger partial charge in [-0.2, -0.15) is 0 Å². The van der Waals surface area contributed by atoms with Crippen molar-refractivity contribution >= 4 is 47.8 Å². The third-order valence-corrected chi connectivity index (χ3v) is 6.17. The first-order valence-corrected chi connectivity index (χ1v) is 14.2. The average Bonchev–Trinajstić information content (AvgIpc) is 2.91. The normalized spacial score (nSPS) is 30.0. The van der Waals surface area contributed by atoms with E-state index < -0.39 is 122 Å². The van der Waals surface area contributed by atoms with Gasteiger partial charge in [0.1, 0.15) is 31.5 Å². The molecule has 0 aromatic rings. The first-order chi connectivity index (χ1) is 21.9. The highest BCUT2D eigenvalue weighted by Crippen LogP contribution is 2.35. The Morgan fingerprint density at radius 3 is 1.11 bits per heavy atom. The molecule has 0 bridgehead atoms. The van der Waals surface area contributed by atoms with E-state index in [0.29, 0.717) is 0 Å². The molecule has 47 heavy (non-hydrogen) atoms. The number of rotatable bonds is 12. The van der Waals surface area contributed by atoms with Gasteiger partial charge in [-0.1, -0.05) is 0 Å². The molecule has 2 aliphatic rings. The number of hydrogen-bond donors (Lipinski definition) is 0. The SMILES string of the molecule is CC(=O)OC[C@H]1O[C@@H](O[C@H]2[C@@H](OC(C)=O)[C@@H](OC(C)=O)[C@@H](OC(C)=O)O[C@@H]2COC(C)=O)[C@H](OC(C)=O)[C@H](OC(C)=O)[C@@H]1OC(C)=O. The molecular weight excluding hydrogens is 640 g/mol. The fourth-order valence-corrected chi connectivity index (χ4v) is 4.73. The fraction of sp³-hybridized carbons (Fsp3) is 0.714. The van der Waals surface area contributed by atoms with Crippen LogP contribution in [0.5, 0.6) is 0 Å². The summed E-state index contributed by atoms with van der Waals surface area (Å²) in [4.78, 5) is 96.3. The topological polar surface area (TPSA) is 238 Å². The van der Waals surface area contributed by atoms with Crippen molar-refractivity contribution in [2.45, 2.75) is 117 Å². The summed E-state index contributed by atoms with van der Waals surface area (Å²) in [5, 5.41) is 0. The van der Waals surface area contributed by atoms with E-state index in [2.05, 4.69) is 0 Å². The van der Waals surface area contributed by atoms with E-state index in [1.54, 1.807) is 0 Å². The van der Waals surface area contributed by atoms with E-state index in [1.165, 1.54) is 0 Å². The van der Waals surface area contributed by atoms with Crippen LogP contribution in [0.4, 0.5) is 0 Å². The lowest BCUT2D eigenvalue weighted by Crippen LogP contribution is -2.67. The quantitative estimate of drug-likeness (QED) is 0.181. The Hall–Kier alpha value is -4.36. The maximum Gasteiger partial charge on any atom is 0.305 e. The third-order valence-electron chi connectivity index (χ3n) is 6.17. The lowest BCUT2D eigenvalue weighted by atomic mass is 9.96. The minimum Gasteiger partial charge on any atom is -0.463 e. The van der Waals surface area contributed by atoms with Crippen LogP contribution in [-0.2, 0) is 90.5 Å². The van der Waals surface area contributed by atoms with Crippen LogP contribution in [0.25, 0.3) is 0 Å². The first-order valence-electron chi connectivity index (χ1n) is 14.2. The Morgan fingerprint density at radius 2 is 0.702 bits per heavy atom. The van der Waals surface area contributed by atoms with Gasteiger partial charge >= 0.3 is 47.8 Å². The lowest BCUT2D eigenvalue weighted by Gasteiger charge is -2.48. The lowest BCUT2D eigenvalue weighted by molar-refractivity contribution is -0.357. The van der Waals surface area contributed by atoms with Crippen molar-refractivity contribution < 1.29 is 90.5 Å². The van der Waals surface area contributed by atoms with E-state index in [-0.39, 0.29) is 0 Å². The molecule has 0 aromatic heterocycles. The third kappa shape index (κ3) is 12.1. The summed E-state index contributed by atoms with van der Waals surface area (Å²) >= 11 is 0. The molecule has 0 aliphatic carbocycles. The molecule has 0 spiro atoms. The second-order valence-electron chi connectivity index (χ2n) is 10.3. The summed E-state index contributed by atoms with van der Waals surface area (Å²) in [7, 11) is 0. The van der Waals surface area contributed by atoms with Gasteiger partial charge in [0, 0.05) is 55.4 Å². The van der Waals surface area contributed by atoms with Gasteiger partial charge < -0.3 is 52.1 Å². The van der Waals surface area contributed by atoms with Gasteiger partial charge in [0.25, 0.3) is 0 Å². The molecule has 0 N–H and O–H groups in total. The Labute approximate surface area is 268 Å². The number of ether oxygens (including phenoxy) is 11. The van der Waals surface area contributed by atoms with Crippen LogP contribution in [0.15, 0.2) is 0 Å². The maximum atomic E-state index is 12.3.